The van der Waals surface area contributed by atoms with E-state index in [0.717, 1.165) is 12.0 Å². The number of hydrogen-bond donors (Lipinski definition) is 1. The average molecular weight is 238 g/mol. The maximum atomic E-state index is 10.8. The van der Waals surface area contributed by atoms with Crippen molar-refractivity contribution in [2.45, 2.75) is 57.8 Å². The maximum absolute atomic E-state index is 10.8. The molecule has 1 aromatic rings. The Morgan fingerprint density at radius 3 is 2.41 bits per heavy atom. The van der Waals surface area contributed by atoms with Gasteiger partial charge >= 0.3 is 0 Å². The number of ether oxygens (including phenoxy) is 1. The average Bonchev–Trinajstić information content (AvgIpc) is 2.70. The second-order valence-corrected chi connectivity index (χ2v) is 6.38. The molecule has 1 N–H and O–H groups in total. The zero-order valence-electron chi connectivity index (χ0n) is 11.3. The van der Waals surface area contributed by atoms with E-state index in [-0.39, 0.29) is 17.1 Å². The van der Waals surface area contributed by atoms with E-state index >= 15 is 0 Å². The van der Waals surface area contributed by atoms with Crippen LogP contribution in [0.25, 0.3) is 0 Å². The molecule has 3 heteroatoms. The lowest BCUT2D eigenvalue weighted by molar-refractivity contribution is -0.111. The SMILES string of the molecule is CC1(C)CC(C(C)(O)c2ccoc2)C(C)(C)O1. The Labute approximate surface area is 103 Å². The molecule has 0 saturated carbocycles. The predicted octanol–water partition coefficient (Wildman–Crippen LogP) is 3.08. The lowest BCUT2D eigenvalue weighted by Crippen LogP contribution is -2.42. The minimum atomic E-state index is -0.926. The van der Waals surface area contributed by atoms with Gasteiger partial charge in [0.15, 0.2) is 0 Å². The van der Waals surface area contributed by atoms with Gasteiger partial charge in [-0.1, -0.05) is 0 Å². The van der Waals surface area contributed by atoms with Gasteiger partial charge in [0.2, 0.25) is 0 Å². The zero-order valence-corrected chi connectivity index (χ0v) is 11.3. The van der Waals surface area contributed by atoms with E-state index < -0.39 is 5.60 Å². The van der Waals surface area contributed by atoms with Crippen LogP contribution < -0.4 is 0 Å². The van der Waals surface area contributed by atoms with Crippen molar-refractivity contribution in [3.05, 3.63) is 24.2 Å². The van der Waals surface area contributed by atoms with Gasteiger partial charge < -0.3 is 14.3 Å². The third kappa shape index (κ3) is 2.14. The number of furan rings is 1. The van der Waals surface area contributed by atoms with Crippen molar-refractivity contribution in [2.75, 3.05) is 0 Å². The van der Waals surface area contributed by atoms with Crippen molar-refractivity contribution < 1.29 is 14.3 Å². The molecule has 0 spiro atoms. The first-order valence-corrected chi connectivity index (χ1v) is 6.10. The standard InChI is InChI=1S/C14H22O3/c1-12(2)8-11(13(3,4)17-12)14(5,15)10-6-7-16-9-10/h6-7,9,11,15H,8H2,1-5H3. The summed E-state index contributed by atoms with van der Waals surface area (Å²) in [4.78, 5) is 0. The van der Waals surface area contributed by atoms with E-state index in [1.165, 1.54) is 0 Å². The number of hydrogen-bond acceptors (Lipinski definition) is 3. The molecular formula is C14H22O3. The quantitative estimate of drug-likeness (QED) is 0.861. The number of aliphatic hydroxyl groups is 1. The lowest BCUT2D eigenvalue weighted by Gasteiger charge is -2.37. The van der Waals surface area contributed by atoms with Gasteiger partial charge in [0.1, 0.15) is 0 Å². The molecule has 1 fully saturated rings. The molecule has 3 nitrogen and oxygen atoms in total. The van der Waals surface area contributed by atoms with Crippen molar-refractivity contribution in [3.63, 3.8) is 0 Å². The van der Waals surface area contributed by atoms with Crippen LogP contribution in [0.2, 0.25) is 0 Å². The first-order valence-electron chi connectivity index (χ1n) is 6.10. The van der Waals surface area contributed by atoms with Crippen LogP contribution in [0.4, 0.5) is 0 Å². The summed E-state index contributed by atoms with van der Waals surface area (Å²) in [6.07, 6.45) is 4.04. The Bertz CT molecular complexity index is 388. The Balaban J connectivity index is 2.34. The van der Waals surface area contributed by atoms with Gasteiger partial charge in [-0.25, -0.2) is 0 Å². The van der Waals surface area contributed by atoms with E-state index in [0.29, 0.717) is 0 Å². The van der Waals surface area contributed by atoms with Crippen molar-refractivity contribution in [2.24, 2.45) is 5.92 Å². The third-order valence-electron chi connectivity index (χ3n) is 3.86. The van der Waals surface area contributed by atoms with Gasteiger partial charge in [-0.15, -0.1) is 0 Å². The minimum Gasteiger partial charge on any atom is -0.472 e. The first-order chi connectivity index (χ1) is 7.65. The first kappa shape index (κ1) is 12.7. The second kappa shape index (κ2) is 3.59. The molecule has 1 saturated heterocycles. The summed E-state index contributed by atoms with van der Waals surface area (Å²) in [5.74, 6) is 0.0441. The fraction of sp³-hybridized carbons (Fsp3) is 0.714. The molecule has 0 aromatic carbocycles. The smallest absolute Gasteiger partial charge is 0.0963 e. The molecule has 0 bridgehead atoms. The molecule has 2 rings (SSSR count). The van der Waals surface area contributed by atoms with Crippen molar-refractivity contribution in [1.82, 2.24) is 0 Å². The molecule has 1 aliphatic rings. The summed E-state index contributed by atoms with van der Waals surface area (Å²) in [6.45, 7) is 10.1. The highest BCUT2D eigenvalue weighted by molar-refractivity contribution is 5.19. The van der Waals surface area contributed by atoms with E-state index in [4.69, 9.17) is 9.15 Å². The molecule has 1 aromatic heterocycles. The van der Waals surface area contributed by atoms with Crippen LogP contribution in [0.15, 0.2) is 23.0 Å². The van der Waals surface area contributed by atoms with Gasteiger partial charge in [-0.3, -0.25) is 0 Å². The normalized spacial score (nSPS) is 30.1. The second-order valence-electron chi connectivity index (χ2n) is 6.38. The van der Waals surface area contributed by atoms with Crippen molar-refractivity contribution >= 4 is 0 Å². The summed E-state index contributed by atoms with van der Waals surface area (Å²) in [5, 5.41) is 10.8. The molecule has 17 heavy (non-hydrogen) atoms. The molecule has 0 amide bonds. The summed E-state index contributed by atoms with van der Waals surface area (Å²) < 4.78 is 11.1. The maximum Gasteiger partial charge on any atom is 0.0963 e. The van der Waals surface area contributed by atoms with Gasteiger partial charge in [-0.2, -0.15) is 0 Å². The van der Waals surface area contributed by atoms with E-state index in [1.54, 1.807) is 12.5 Å². The highest BCUT2D eigenvalue weighted by atomic mass is 16.5. The lowest BCUT2D eigenvalue weighted by atomic mass is 9.73. The fourth-order valence-electron chi connectivity index (χ4n) is 3.19. The highest BCUT2D eigenvalue weighted by Crippen LogP contribution is 2.50. The van der Waals surface area contributed by atoms with Crippen LogP contribution in [0.1, 0.15) is 46.6 Å². The van der Waals surface area contributed by atoms with Crippen LogP contribution in [0, 0.1) is 5.92 Å². The van der Waals surface area contributed by atoms with Crippen molar-refractivity contribution in [1.29, 1.82) is 0 Å². The Hall–Kier alpha value is -0.800. The van der Waals surface area contributed by atoms with Gasteiger partial charge in [-0.05, 0) is 47.1 Å². The van der Waals surface area contributed by atoms with Gasteiger partial charge in [0.05, 0.1) is 29.3 Å². The highest BCUT2D eigenvalue weighted by Gasteiger charge is 2.53. The van der Waals surface area contributed by atoms with E-state index in [1.807, 2.05) is 26.8 Å². The Morgan fingerprint density at radius 2 is 2.00 bits per heavy atom. The molecule has 0 radical (unpaired) electrons. The third-order valence-corrected chi connectivity index (χ3v) is 3.86. The van der Waals surface area contributed by atoms with Crippen LogP contribution in [-0.4, -0.2) is 16.3 Å². The summed E-state index contributed by atoms with van der Waals surface area (Å²) in [7, 11) is 0. The largest absolute Gasteiger partial charge is 0.472 e. The molecule has 2 unspecified atom stereocenters. The van der Waals surface area contributed by atoms with E-state index in [9.17, 15) is 5.11 Å². The Kier molecular flexibility index (Phi) is 2.68. The van der Waals surface area contributed by atoms with Crippen LogP contribution >= 0.6 is 0 Å². The molecule has 2 heterocycles. The Morgan fingerprint density at radius 1 is 1.35 bits per heavy atom. The number of rotatable bonds is 2. The van der Waals surface area contributed by atoms with E-state index in [2.05, 4.69) is 13.8 Å². The minimum absolute atomic E-state index is 0.0441. The predicted molar refractivity (Wildman–Crippen MR) is 65.6 cm³/mol. The summed E-state index contributed by atoms with van der Waals surface area (Å²) in [5.41, 5.74) is -0.645. The molecule has 2 atom stereocenters. The molecule has 0 aliphatic carbocycles. The van der Waals surface area contributed by atoms with Gasteiger partial charge in [0, 0.05) is 11.5 Å². The molecular weight excluding hydrogens is 216 g/mol. The zero-order chi connectivity index (χ0) is 12.9. The summed E-state index contributed by atoms with van der Waals surface area (Å²) >= 11 is 0. The van der Waals surface area contributed by atoms with Crippen LogP contribution in [-0.2, 0) is 10.3 Å². The molecule has 1 aliphatic heterocycles. The van der Waals surface area contributed by atoms with Crippen molar-refractivity contribution in [3.8, 4) is 0 Å². The topological polar surface area (TPSA) is 42.6 Å². The summed E-state index contributed by atoms with van der Waals surface area (Å²) in [6, 6.07) is 1.82. The van der Waals surface area contributed by atoms with Crippen LogP contribution in [0.5, 0.6) is 0 Å². The fourth-order valence-corrected chi connectivity index (χ4v) is 3.19. The molecule has 96 valence electrons. The monoisotopic (exact) mass is 238 g/mol. The van der Waals surface area contributed by atoms with Gasteiger partial charge in [0.25, 0.3) is 0 Å². The van der Waals surface area contributed by atoms with Crippen LogP contribution in [0.3, 0.4) is 0 Å².